The second kappa shape index (κ2) is 4.94. The molecule has 1 unspecified atom stereocenters. The van der Waals surface area contributed by atoms with Crippen LogP contribution in [0.4, 0.5) is 8.78 Å². The second-order valence-electron chi connectivity index (χ2n) is 5.35. The Morgan fingerprint density at radius 2 is 1.83 bits per heavy atom. The summed E-state index contributed by atoms with van der Waals surface area (Å²) in [5.41, 5.74) is 6.48. The molecule has 1 fully saturated rings. The van der Waals surface area contributed by atoms with Gasteiger partial charge >= 0.3 is 0 Å². The first-order chi connectivity index (χ1) is 8.47. The molecule has 0 aromatic heterocycles. The second-order valence-corrected chi connectivity index (χ2v) is 5.35. The highest BCUT2D eigenvalue weighted by Gasteiger charge is 2.42. The molecule has 0 heterocycles. The fraction of sp³-hybridized carbons (Fsp3) is 0.571. The summed E-state index contributed by atoms with van der Waals surface area (Å²) in [6.07, 6.45) is 4.12. The van der Waals surface area contributed by atoms with Gasteiger partial charge in [-0.15, -0.1) is 0 Å². The molecule has 2 rings (SSSR count). The first kappa shape index (κ1) is 13.4. The van der Waals surface area contributed by atoms with Gasteiger partial charge in [0.25, 0.3) is 0 Å². The van der Waals surface area contributed by atoms with Crippen LogP contribution >= 0.6 is 0 Å². The van der Waals surface area contributed by atoms with Crippen LogP contribution in [0.5, 0.6) is 0 Å². The molecular weight excluding hydrogens is 234 g/mol. The molecule has 0 aliphatic heterocycles. The summed E-state index contributed by atoms with van der Waals surface area (Å²) in [5, 5.41) is 0. The molecule has 1 saturated carbocycles. The largest absolute Gasteiger partial charge is 0.322 e. The van der Waals surface area contributed by atoms with Crippen LogP contribution in [0.15, 0.2) is 18.2 Å². The van der Waals surface area contributed by atoms with Crippen LogP contribution in [0.1, 0.15) is 37.3 Å². The molecule has 2 nitrogen and oxygen atoms in total. The molecule has 1 atom stereocenters. The Kier molecular flexibility index (Phi) is 3.69. The van der Waals surface area contributed by atoms with Crippen LogP contribution in [0.3, 0.4) is 0 Å². The summed E-state index contributed by atoms with van der Waals surface area (Å²) in [6, 6.07) is 3.24. The number of hydrogen-bond acceptors (Lipinski definition) is 2. The zero-order chi connectivity index (χ0) is 13.3. The maximum absolute atomic E-state index is 13.8. The predicted molar refractivity (Wildman–Crippen MR) is 68.2 cm³/mol. The van der Waals surface area contributed by atoms with Crippen molar-refractivity contribution in [3.05, 3.63) is 35.4 Å². The van der Waals surface area contributed by atoms with Gasteiger partial charge in [0, 0.05) is 17.2 Å². The lowest BCUT2D eigenvalue weighted by atomic mass is 9.83. The van der Waals surface area contributed by atoms with Crippen molar-refractivity contribution in [3.8, 4) is 0 Å². The van der Waals surface area contributed by atoms with E-state index in [1.54, 1.807) is 0 Å². The number of rotatable bonds is 3. The molecule has 1 aliphatic rings. The Balaban J connectivity index is 2.37. The molecule has 100 valence electrons. The van der Waals surface area contributed by atoms with E-state index in [1.807, 2.05) is 14.1 Å². The molecular formula is C14H20F2N2. The van der Waals surface area contributed by atoms with E-state index in [4.69, 9.17) is 5.73 Å². The molecule has 1 aromatic carbocycles. The summed E-state index contributed by atoms with van der Waals surface area (Å²) in [7, 11) is 3.96. The van der Waals surface area contributed by atoms with E-state index in [0.29, 0.717) is 5.56 Å². The Bertz CT molecular complexity index is 426. The van der Waals surface area contributed by atoms with Crippen LogP contribution in [0, 0.1) is 11.6 Å². The fourth-order valence-electron chi connectivity index (χ4n) is 3.07. The average molecular weight is 254 g/mol. The fourth-order valence-corrected chi connectivity index (χ4v) is 3.07. The van der Waals surface area contributed by atoms with Crippen LogP contribution < -0.4 is 5.73 Å². The maximum Gasteiger partial charge on any atom is 0.130 e. The maximum atomic E-state index is 13.8. The number of likely N-dealkylation sites (N-methyl/N-ethyl adjacent to an activating group) is 1. The molecule has 0 radical (unpaired) electrons. The van der Waals surface area contributed by atoms with Crippen LogP contribution in [-0.2, 0) is 0 Å². The van der Waals surface area contributed by atoms with Crippen LogP contribution in [0.2, 0.25) is 0 Å². The lowest BCUT2D eigenvalue weighted by Gasteiger charge is -2.41. The predicted octanol–water partition coefficient (Wildman–Crippen LogP) is 2.84. The van der Waals surface area contributed by atoms with Gasteiger partial charge in [0.2, 0.25) is 0 Å². The Hall–Kier alpha value is -1.00. The lowest BCUT2D eigenvalue weighted by Crippen LogP contribution is -2.50. The molecule has 18 heavy (non-hydrogen) atoms. The minimum absolute atomic E-state index is 0.210. The van der Waals surface area contributed by atoms with E-state index in [-0.39, 0.29) is 5.54 Å². The Morgan fingerprint density at radius 3 is 2.33 bits per heavy atom. The molecule has 2 N–H and O–H groups in total. The van der Waals surface area contributed by atoms with E-state index in [0.717, 1.165) is 31.7 Å². The van der Waals surface area contributed by atoms with E-state index >= 15 is 0 Å². The van der Waals surface area contributed by atoms with Gasteiger partial charge in [-0.05, 0) is 33.0 Å². The molecule has 1 aromatic rings. The van der Waals surface area contributed by atoms with E-state index in [1.165, 1.54) is 12.1 Å². The topological polar surface area (TPSA) is 29.3 Å². The SMILES string of the molecule is CN(C)C1(C(N)c2ccc(F)cc2F)CCCC1. The smallest absolute Gasteiger partial charge is 0.130 e. The summed E-state index contributed by atoms with van der Waals surface area (Å²) in [6.45, 7) is 0. The van der Waals surface area contributed by atoms with Crippen molar-refractivity contribution >= 4 is 0 Å². The van der Waals surface area contributed by atoms with E-state index < -0.39 is 17.7 Å². The summed E-state index contributed by atoms with van der Waals surface area (Å²) < 4.78 is 26.8. The average Bonchev–Trinajstić information content (AvgIpc) is 2.78. The summed E-state index contributed by atoms with van der Waals surface area (Å²) in [5.74, 6) is -1.11. The van der Waals surface area contributed by atoms with Gasteiger partial charge in [0.05, 0.1) is 6.04 Å². The van der Waals surface area contributed by atoms with Gasteiger partial charge < -0.3 is 10.6 Å². The molecule has 4 heteroatoms. The highest BCUT2D eigenvalue weighted by atomic mass is 19.1. The van der Waals surface area contributed by atoms with Gasteiger partial charge in [-0.3, -0.25) is 0 Å². The zero-order valence-electron chi connectivity index (χ0n) is 10.9. The van der Waals surface area contributed by atoms with Gasteiger partial charge in [-0.25, -0.2) is 8.78 Å². The standard InChI is InChI=1S/C14H20F2N2/c1-18(2)14(7-3-4-8-14)13(17)11-6-5-10(15)9-12(11)16/h5-6,9,13H,3-4,7-8,17H2,1-2H3. The van der Waals surface area contributed by atoms with E-state index in [9.17, 15) is 8.78 Å². The number of nitrogens with two attached hydrogens (primary N) is 1. The van der Waals surface area contributed by atoms with E-state index in [2.05, 4.69) is 4.90 Å². The monoisotopic (exact) mass is 254 g/mol. The molecule has 0 spiro atoms. The van der Waals surface area contributed by atoms with Crippen molar-refractivity contribution in [2.24, 2.45) is 5.73 Å². The van der Waals surface area contributed by atoms with Crippen molar-refractivity contribution in [2.75, 3.05) is 14.1 Å². The number of nitrogens with zero attached hydrogens (tertiary/aromatic N) is 1. The lowest BCUT2D eigenvalue weighted by molar-refractivity contribution is 0.121. The summed E-state index contributed by atoms with van der Waals surface area (Å²) in [4.78, 5) is 2.09. The van der Waals surface area contributed by atoms with Crippen LogP contribution in [-0.4, -0.2) is 24.5 Å². The van der Waals surface area contributed by atoms with Gasteiger partial charge in [0.15, 0.2) is 0 Å². The number of hydrogen-bond donors (Lipinski definition) is 1. The third-order valence-electron chi connectivity index (χ3n) is 4.24. The van der Waals surface area contributed by atoms with Gasteiger partial charge in [-0.2, -0.15) is 0 Å². The third kappa shape index (κ3) is 2.15. The molecule has 0 amide bonds. The summed E-state index contributed by atoms with van der Waals surface area (Å²) >= 11 is 0. The van der Waals surface area contributed by atoms with Gasteiger partial charge in [0.1, 0.15) is 11.6 Å². The van der Waals surface area contributed by atoms with Crippen LogP contribution in [0.25, 0.3) is 0 Å². The number of benzene rings is 1. The van der Waals surface area contributed by atoms with Gasteiger partial charge in [-0.1, -0.05) is 18.9 Å². The molecule has 0 bridgehead atoms. The van der Waals surface area contributed by atoms with Crippen molar-refractivity contribution in [1.29, 1.82) is 0 Å². The zero-order valence-corrected chi connectivity index (χ0v) is 10.9. The number of halogens is 2. The first-order valence-corrected chi connectivity index (χ1v) is 6.35. The highest BCUT2D eigenvalue weighted by molar-refractivity contribution is 5.26. The highest BCUT2D eigenvalue weighted by Crippen LogP contribution is 2.42. The minimum atomic E-state index is -0.561. The Labute approximate surface area is 107 Å². The minimum Gasteiger partial charge on any atom is -0.322 e. The third-order valence-corrected chi connectivity index (χ3v) is 4.24. The first-order valence-electron chi connectivity index (χ1n) is 6.35. The quantitative estimate of drug-likeness (QED) is 0.898. The normalized spacial score (nSPS) is 20.3. The Morgan fingerprint density at radius 1 is 1.22 bits per heavy atom. The van der Waals surface area contributed by atoms with Crippen molar-refractivity contribution in [1.82, 2.24) is 4.90 Å². The van der Waals surface area contributed by atoms with Crippen molar-refractivity contribution in [2.45, 2.75) is 37.3 Å². The molecule has 1 aliphatic carbocycles. The van der Waals surface area contributed by atoms with Crippen molar-refractivity contribution in [3.63, 3.8) is 0 Å². The molecule has 0 saturated heterocycles. The van der Waals surface area contributed by atoms with Crippen molar-refractivity contribution < 1.29 is 8.78 Å².